The van der Waals surface area contributed by atoms with Crippen LogP contribution in [0.2, 0.25) is 10.0 Å². The standard InChI is InChI=1S/C11H10Cl2N4O/c12-7-1-2-9(13)10(3-7)18-6-8-4-16-11(17-14)5-15-8/h1-5H,6,14H2,(H,16,17). The van der Waals surface area contributed by atoms with Gasteiger partial charge in [0.05, 0.1) is 23.1 Å². The molecule has 0 amide bonds. The zero-order valence-electron chi connectivity index (χ0n) is 9.23. The van der Waals surface area contributed by atoms with E-state index in [1.165, 1.54) is 6.20 Å². The van der Waals surface area contributed by atoms with Gasteiger partial charge in [-0.3, -0.25) is 4.98 Å². The minimum absolute atomic E-state index is 0.248. The number of hydrogen-bond acceptors (Lipinski definition) is 5. The van der Waals surface area contributed by atoms with E-state index >= 15 is 0 Å². The van der Waals surface area contributed by atoms with Crippen LogP contribution >= 0.6 is 23.2 Å². The van der Waals surface area contributed by atoms with Crippen LogP contribution in [0.15, 0.2) is 30.6 Å². The van der Waals surface area contributed by atoms with Crippen LogP contribution in [0, 0.1) is 0 Å². The van der Waals surface area contributed by atoms with Gasteiger partial charge in [-0.05, 0) is 12.1 Å². The summed E-state index contributed by atoms with van der Waals surface area (Å²) in [4.78, 5) is 8.12. The molecular weight excluding hydrogens is 275 g/mol. The molecule has 7 heteroatoms. The minimum atomic E-state index is 0.248. The van der Waals surface area contributed by atoms with Crippen molar-refractivity contribution < 1.29 is 4.74 Å². The van der Waals surface area contributed by atoms with E-state index in [0.717, 1.165) is 0 Å². The number of nitrogens with two attached hydrogens (primary N) is 1. The first-order valence-corrected chi connectivity index (χ1v) is 5.80. The van der Waals surface area contributed by atoms with Crippen molar-refractivity contribution in [2.24, 2.45) is 5.84 Å². The monoisotopic (exact) mass is 284 g/mol. The van der Waals surface area contributed by atoms with Gasteiger partial charge in [0.15, 0.2) is 5.82 Å². The first-order valence-electron chi connectivity index (χ1n) is 5.04. The molecule has 1 aromatic heterocycles. The number of nitrogens with one attached hydrogen (secondary N) is 1. The highest BCUT2D eigenvalue weighted by Gasteiger charge is 2.04. The Morgan fingerprint density at radius 1 is 1.22 bits per heavy atom. The van der Waals surface area contributed by atoms with E-state index in [1.807, 2.05) is 0 Å². The van der Waals surface area contributed by atoms with Gasteiger partial charge in [0.1, 0.15) is 12.4 Å². The van der Waals surface area contributed by atoms with Crippen molar-refractivity contribution in [2.45, 2.75) is 6.61 Å². The van der Waals surface area contributed by atoms with Crippen LogP contribution in [0.5, 0.6) is 5.75 Å². The Morgan fingerprint density at radius 3 is 2.72 bits per heavy atom. The molecule has 94 valence electrons. The molecular formula is C11H10Cl2N4O. The molecule has 0 atom stereocenters. The maximum atomic E-state index is 5.96. The molecule has 0 saturated heterocycles. The predicted molar refractivity (Wildman–Crippen MR) is 70.6 cm³/mol. The third-order valence-corrected chi connectivity index (χ3v) is 2.67. The fraction of sp³-hybridized carbons (Fsp3) is 0.0909. The van der Waals surface area contributed by atoms with Gasteiger partial charge in [0.2, 0.25) is 0 Å². The summed E-state index contributed by atoms with van der Waals surface area (Å²) in [5.41, 5.74) is 3.05. The summed E-state index contributed by atoms with van der Waals surface area (Å²) in [7, 11) is 0. The average molecular weight is 285 g/mol. The van der Waals surface area contributed by atoms with Crippen molar-refractivity contribution in [3.8, 4) is 5.75 Å². The Morgan fingerprint density at radius 2 is 2.06 bits per heavy atom. The Kier molecular flexibility index (Phi) is 4.19. The lowest BCUT2D eigenvalue weighted by molar-refractivity contribution is 0.301. The SMILES string of the molecule is NNc1cnc(COc2cc(Cl)ccc2Cl)cn1. The van der Waals surface area contributed by atoms with Gasteiger partial charge in [-0.25, -0.2) is 10.8 Å². The van der Waals surface area contributed by atoms with E-state index in [2.05, 4.69) is 15.4 Å². The molecule has 0 radical (unpaired) electrons. The Balaban J connectivity index is 2.04. The maximum absolute atomic E-state index is 5.96. The van der Waals surface area contributed by atoms with E-state index in [-0.39, 0.29) is 6.61 Å². The fourth-order valence-electron chi connectivity index (χ4n) is 1.24. The van der Waals surface area contributed by atoms with E-state index in [9.17, 15) is 0 Å². The van der Waals surface area contributed by atoms with E-state index in [4.69, 9.17) is 33.8 Å². The molecule has 0 fully saturated rings. The molecule has 0 aliphatic carbocycles. The molecule has 0 bridgehead atoms. The van der Waals surface area contributed by atoms with Crippen LogP contribution in [-0.2, 0) is 6.61 Å². The number of aromatic nitrogens is 2. The molecule has 18 heavy (non-hydrogen) atoms. The van der Waals surface area contributed by atoms with Gasteiger partial charge < -0.3 is 10.2 Å². The van der Waals surface area contributed by atoms with Gasteiger partial charge in [0.25, 0.3) is 0 Å². The zero-order chi connectivity index (χ0) is 13.0. The first kappa shape index (κ1) is 12.9. The second kappa shape index (κ2) is 5.86. The predicted octanol–water partition coefficient (Wildman–Crippen LogP) is 2.65. The van der Waals surface area contributed by atoms with Gasteiger partial charge in [-0.1, -0.05) is 23.2 Å². The number of hydrazine groups is 1. The van der Waals surface area contributed by atoms with E-state index < -0.39 is 0 Å². The van der Waals surface area contributed by atoms with Crippen LogP contribution in [-0.4, -0.2) is 9.97 Å². The van der Waals surface area contributed by atoms with Gasteiger partial charge in [0, 0.05) is 11.1 Å². The molecule has 1 aromatic carbocycles. The van der Waals surface area contributed by atoms with Crippen molar-refractivity contribution in [1.82, 2.24) is 9.97 Å². The number of nitrogen functional groups attached to an aromatic ring is 1. The molecule has 2 rings (SSSR count). The average Bonchev–Trinajstić information content (AvgIpc) is 2.40. The second-order valence-electron chi connectivity index (χ2n) is 3.40. The van der Waals surface area contributed by atoms with Crippen LogP contribution in [0.1, 0.15) is 5.69 Å². The van der Waals surface area contributed by atoms with Crippen molar-refractivity contribution >= 4 is 29.0 Å². The van der Waals surface area contributed by atoms with E-state index in [1.54, 1.807) is 24.4 Å². The summed E-state index contributed by atoms with van der Waals surface area (Å²) in [5.74, 6) is 6.18. The lowest BCUT2D eigenvalue weighted by Gasteiger charge is -2.08. The molecule has 0 aliphatic heterocycles. The summed E-state index contributed by atoms with van der Waals surface area (Å²) in [6.45, 7) is 0.248. The number of hydrogen-bond donors (Lipinski definition) is 2. The summed E-state index contributed by atoms with van der Waals surface area (Å²) in [6, 6.07) is 5.01. The molecule has 0 saturated carbocycles. The largest absolute Gasteiger partial charge is 0.486 e. The second-order valence-corrected chi connectivity index (χ2v) is 4.24. The molecule has 0 aliphatic rings. The number of anilines is 1. The summed E-state index contributed by atoms with van der Waals surface area (Å²) < 4.78 is 5.51. The highest BCUT2D eigenvalue weighted by Crippen LogP contribution is 2.28. The van der Waals surface area contributed by atoms with Crippen LogP contribution in [0.3, 0.4) is 0 Å². The number of benzene rings is 1. The van der Waals surface area contributed by atoms with Gasteiger partial charge >= 0.3 is 0 Å². The van der Waals surface area contributed by atoms with E-state index in [0.29, 0.717) is 27.3 Å². The van der Waals surface area contributed by atoms with Crippen molar-refractivity contribution in [1.29, 1.82) is 0 Å². The first-order chi connectivity index (χ1) is 8.69. The van der Waals surface area contributed by atoms with Crippen LogP contribution in [0.4, 0.5) is 5.82 Å². The summed E-state index contributed by atoms with van der Waals surface area (Å²) in [6.07, 6.45) is 3.08. The quantitative estimate of drug-likeness (QED) is 0.667. The number of halogens is 2. The number of ether oxygens (including phenoxy) is 1. The topological polar surface area (TPSA) is 73.1 Å². The highest BCUT2D eigenvalue weighted by molar-refractivity contribution is 6.34. The zero-order valence-corrected chi connectivity index (χ0v) is 10.7. The molecule has 2 aromatic rings. The van der Waals surface area contributed by atoms with Crippen molar-refractivity contribution in [3.05, 3.63) is 46.3 Å². The molecule has 3 N–H and O–H groups in total. The molecule has 0 unspecified atom stereocenters. The van der Waals surface area contributed by atoms with Crippen LogP contribution < -0.4 is 16.0 Å². The third kappa shape index (κ3) is 3.22. The van der Waals surface area contributed by atoms with Gasteiger partial charge in [-0.15, -0.1) is 0 Å². The molecule has 0 spiro atoms. The molecule has 5 nitrogen and oxygen atoms in total. The Bertz CT molecular complexity index is 533. The normalized spacial score (nSPS) is 10.2. The lowest BCUT2D eigenvalue weighted by Crippen LogP contribution is -2.09. The highest BCUT2D eigenvalue weighted by atomic mass is 35.5. The summed E-state index contributed by atoms with van der Waals surface area (Å²) >= 11 is 11.8. The molecule has 1 heterocycles. The Hall–Kier alpha value is -1.56. The van der Waals surface area contributed by atoms with Crippen molar-refractivity contribution in [3.63, 3.8) is 0 Å². The summed E-state index contributed by atoms with van der Waals surface area (Å²) in [5, 5.41) is 1.05. The smallest absolute Gasteiger partial charge is 0.158 e. The number of rotatable bonds is 4. The Labute approximate surface area is 114 Å². The minimum Gasteiger partial charge on any atom is -0.486 e. The number of nitrogens with zero attached hydrogens (tertiary/aromatic N) is 2. The third-order valence-electron chi connectivity index (χ3n) is 2.12. The maximum Gasteiger partial charge on any atom is 0.158 e. The van der Waals surface area contributed by atoms with Crippen LogP contribution in [0.25, 0.3) is 0 Å². The lowest BCUT2D eigenvalue weighted by atomic mass is 10.3. The van der Waals surface area contributed by atoms with Gasteiger partial charge in [-0.2, -0.15) is 0 Å². The van der Waals surface area contributed by atoms with Crippen molar-refractivity contribution in [2.75, 3.05) is 5.43 Å². The fourth-order valence-corrected chi connectivity index (χ4v) is 1.58.